The predicted molar refractivity (Wildman–Crippen MR) is 79.3 cm³/mol. The summed E-state index contributed by atoms with van der Waals surface area (Å²) < 4.78 is 0. The highest BCUT2D eigenvalue weighted by molar-refractivity contribution is 5.96. The van der Waals surface area contributed by atoms with Gasteiger partial charge in [-0.3, -0.25) is 9.59 Å². The highest BCUT2D eigenvalue weighted by Gasteiger charge is 2.29. The van der Waals surface area contributed by atoms with Crippen molar-refractivity contribution in [2.45, 2.75) is 38.5 Å². The largest absolute Gasteiger partial charge is 0.481 e. The average Bonchev–Trinajstić information content (AvgIpc) is 3.15. The second kappa shape index (κ2) is 5.88. The number of benzene rings is 1. The van der Waals surface area contributed by atoms with E-state index in [1.807, 2.05) is 12.1 Å². The van der Waals surface area contributed by atoms with Crippen LogP contribution in [0, 0.1) is 11.8 Å². The van der Waals surface area contributed by atoms with Crippen molar-refractivity contribution >= 4 is 11.9 Å². The molecule has 4 heteroatoms. The highest BCUT2D eigenvalue weighted by atomic mass is 16.4. The van der Waals surface area contributed by atoms with Crippen molar-refractivity contribution in [1.82, 2.24) is 5.32 Å². The van der Waals surface area contributed by atoms with Crippen LogP contribution in [-0.2, 0) is 17.6 Å². The summed E-state index contributed by atoms with van der Waals surface area (Å²) in [4.78, 5) is 23.6. The summed E-state index contributed by atoms with van der Waals surface area (Å²) in [6.07, 6.45) is 6.02. The van der Waals surface area contributed by atoms with Crippen LogP contribution >= 0.6 is 0 Å². The zero-order chi connectivity index (χ0) is 14.8. The topological polar surface area (TPSA) is 66.4 Å². The Labute approximate surface area is 124 Å². The lowest BCUT2D eigenvalue weighted by atomic mass is 10.0. The van der Waals surface area contributed by atoms with E-state index < -0.39 is 11.9 Å². The summed E-state index contributed by atoms with van der Waals surface area (Å²) in [6.45, 7) is 0.230. The molecule has 1 aromatic carbocycles. The second-order valence-electron chi connectivity index (χ2n) is 6.22. The molecule has 1 fully saturated rings. The van der Waals surface area contributed by atoms with Gasteiger partial charge in [-0.2, -0.15) is 0 Å². The third kappa shape index (κ3) is 3.26. The molecular formula is C17H21NO3. The van der Waals surface area contributed by atoms with Crippen molar-refractivity contribution in [3.05, 3.63) is 34.9 Å². The lowest BCUT2D eigenvalue weighted by Gasteiger charge is -2.14. The maximum Gasteiger partial charge on any atom is 0.308 e. The molecule has 0 aliphatic heterocycles. The van der Waals surface area contributed by atoms with E-state index in [1.54, 1.807) is 0 Å². The Morgan fingerprint density at radius 3 is 2.81 bits per heavy atom. The Bertz CT molecular complexity index is 563. The Kier molecular flexibility index (Phi) is 3.95. The molecule has 4 nitrogen and oxygen atoms in total. The number of aryl methyl sites for hydroxylation is 1. The molecule has 1 unspecified atom stereocenters. The Hall–Kier alpha value is -1.84. The minimum Gasteiger partial charge on any atom is -0.481 e. The fourth-order valence-electron chi connectivity index (χ4n) is 3.17. The number of carbonyl (C=O) groups excluding carboxylic acids is 1. The van der Waals surface area contributed by atoms with E-state index >= 15 is 0 Å². The number of nitrogens with one attached hydrogen (secondary N) is 1. The number of aliphatic carboxylic acids is 1. The summed E-state index contributed by atoms with van der Waals surface area (Å²) in [5, 5.41) is 12.1. The average molecular weight is 287 g/mol. The normalized spacial score (nSPS) is 18.1. The summed E-state index contributed by atoms with van der Waals surface area (Å²) >= 11 is 0. The van der Waals surface area contributed by atoms with E-state index in [2.05, 4.69) is 11.4 Å². The van der Waals surface area contributed by atoms with Gasteiger partial charge in [-0.25, -0.2) is 0 Å². The monoisotopic (exact) mass is 287 g/mol. The van der Waals surface area contributed by atoms with Crippen molar-refractivity contribution < 1.29 is 14.7 Å². The zero-order valence-electron chi connectivity index (χ0n) is 12.1. The van der Waals surface area contributed by atoms with Crippen molar-refractivity contribution in [2.75, 3.05) is 6.54 Å². The molecule has 112 valence electrons. The van der Waals surface area contributed by atoms with Gasteiger partial charge in [0, 0.05) is 12.1 Å². The first-order chi connectivity index (χ1) is 10.1. The van der Waals surface area contributed by atoms with Crippen LogP contribution in [-0.4, -0.2) is 23.5 Å². The first-order valence-electron chi connectivity index (χ1n) is 7.77. The molecule has 0 saturated heterocycles. The zero-order valence-corrected chi connectivity index (χ0v) is 12.1. The Morgan fingerprint density at radius 2 is 2.10 bits per heavy atom. The number of carboxylic acids is 1. The summed E-state index contributed by atoms with van der Waals surface area (Å²) in [5.74, 6) is -0.849. The van der Waals surface area contributed by atoms with E-state index in [9.17, 15) is 14.7 Å². The van der Waals surface area contributed by atoms with Crippen LogP contribution in [0.2, 0.25) is 0 Å². The number of fused-ring (bicyclic) bond motifs is 1. The number of carbonyl (C=O) groups is 2. The Morgan fingerprint density at radius 1 is 1.29 bits per heavy atom. The van der Waals surface area contributed by atoms with Gasteiger partial charge in [0.15, 0.2) is 0 Å². The minimum absolute atomic E-state index is 0.129. The molecule has 0 radical (unpaired) electrons. The number of carboxylic acid groups (broad SMARTS) is 1. The number of hydrogen-bond acceptors (Lipinski definition) is 2. The van der Waals surface area contributed by atoms with Gasteiger partial charge < -0.3 is 10.4 Å². The van der Waals surface area contributed by atoms with Crippen LogP contribution in [0.3, 0.4) is 0 Å². The maximum atomic E-state index is 12.3. The van der Waals surface area contributed by atoms with E-state index in [-0.39, 0.29) is 12.5 Å². The first-order valence-corrected chi connectivity index (χ1v) is 7.77. The molecule has 1 saturated carbocycles. The number of amides is 1. The van der Waals surface area contributed by atoms with Gasteiger partial charge in [-0.1, -0.05) is 25.0 Å². The summed E-state index contributed by atoms with van der Waals surface area (Å²) in [5.41, 5.74) is 3.13. The SMILES string of the molecule is O=C(NCC(CC1CC1)C(=O)O)c1cccc2c1CCC2. The van der Waals surface area contributed by atoms with Crippen molar-refractivity contribution in [3.8, 4) is 0 Å². The van der Waals surface area contributed by atoms with E-state index in [4.69, 9.17) is 0 Å². The summed E-state index contributed by atoms with van der Waals surface area (Å²) in [6, 6.07) is 5.83. The Balaban J connectivity index is 1.63. The molecule has 1 aromatic rings. The first kappa shape index (κ1) is 14.1. The number of hydrogen-bond donors (Lipinski definition) is 2. The smallest absolute Gasteiger partial charge is 0.308 e. The molecule has 3 rings (SSSR count). The molecule has 21 heavy (non-hydrogen) atoms. The van der Waals surface area contributed by atoms with Crippen LogP contribution in [0.4, 0.5) is 0 Å². The lowest BCUT2D eigenvalue weighted by molar-refractivity contribution is -0.141. The molecular weight excluding hydrogens is 266 g/mol. The molecule has 2 aliphatic carbocycles. The third-order valence-corrected chi connectivity index (χ3v) is 4.56. The molecule has 0 heterocycles. The van der Waals surface area contributed by atoms with Gasteiger partial charge in [0.1, 0.15) is 0 Å². The highest BCUT2D eigenvalue weighted by Crippen LogP contribution is 2.35. The third-order valence-electron chi connectivity index (χ3n) is 4.56. The molecule has 0 aromatic heterocycles. The lowest BCUT2D eigenvalue weighted by Crippen LogP contribution is -2.33. The molecule has 0 bridgehead atoms. The standard InChI is InChI=1S/C17H21NO3/c19-16(15-6-2-4-12-3-1-5-14(12)15)18-10-13(17(20)21)9-11-7-8-11/h2,4,6,11,13H,1,3,5,7-10H2,(H,18,19)(H,20,21). The van der Waals surface area contributed by atoms with Gasteiger partial charge in [0.25, 0.3) is 5.91 Å². The van der Waals surface area contributed by atoms with Gasteiger partial charge in [-0.15, -0.1) is 0 Å². The van der Waals surface area contributed by atoms with Gasteiger partial charge in [0.2, 0.25) is 0 Å². The van der Waals surface area contributed by atoms with E-state index in [0.29, 0.717) is 12.3 Å². The van der Waals surface area contributed by atoms with Gasteiger partial charge >= 0.3 is 5.97 Å². The van der Waals surface area contributed by atoms with Crippen LogP contribution in [0.1, 0.15) is 47.2 Å². The number of rotatable bonds is 6. The molecule has 1 amide bonds. The quantitative estimate of drug-likeness (QED) is 0.844. The fourth-order valence-corrected chi connectivity index (χ4v) is 3.17. The van der Waals surface area contributed by atoms with Gasteiger partial charge in [-0.05, 0) is 48.8 Å². The molecule has 0 spiro atoms. The van der Waals surface area contributed by atoms with Crippen LogP contribution in [0.5, 0.6) is 0 Å². The maximum absolute atomic E-state index is 12.3. The van der Waals surface area contributed by atoms with Crippen molar-refractivity contribution in [2.24, 2.45) is 11.8 Å². The fraction of sp³-hybridized carbons (Fsp3) is 0.529. The van der Waals surface area contributed by atoms with Crippen molar-refractivity contribution in [3.63, 3.8) is 0 Å². The van der Waals surface area contributed by atoms with Crippen molar-refractivity contribution in [1.29, 1.82) is 0 Å². The van der Waals surface area contributed by atoms with Crippen LogP contribution in [0.25, 0.3) is 0 Å². The molecule has 1 atom stereocenters. The second-order valence-corrected chi connectivity index (χ2v) is 6.22. The molecule has 2 aliphatic rings. The minimum atomic E-state index is -0.805. The summed E-state index contributed by atoms with van der Waals surface area (Å²) in [7, 11) is 0. The van der Waals surface area contributed by atoms with Crippen LogP contribution < -0.4 is 5.32 Å². The van der Waals surface area contributed by atoms with Crippen LogP contribution in [0.15, 0.2) is 18.2 Å². The van der Waals surface area contributed by atoms with E-state index in [0.717, 1.165) is 43.2 Å². The van der Waals surface area contributed by atoms with E-state index in [1.165, 1.54) is 5.56 Å². The predicted octanol–water partition coefficient (Wildman–Crippen LogP) is 2.41. The molecule has 2 N–H and O–H groups in total. The van der Waals surface area contributed by atoms with Gasteiger partial charge in [0.05, 0.1) is 5.92 Å².